The highest BCUT2D eigenvalue weighted by molar-refractivity contribution is 9.10. The van der Waals surface area contributed by atoms with Gasteiger partial charge < -0.3 is 11.1 Å². The summed E-state index contributed by atoms with van der Waals surface area (Å²) in [5.41, 5.74) is 5.78. The van der Waals surface area contributed by atoms with E-state index in [0.29, 0.717) is 22.6 Å². The Kier molecular flexibility index (Phi) is 5.25. The lowest BCUT2D eigenvalue weighted by Gasteiger charge is -2.32. The SMILES string of the molecule is CC(C)CC(C)(CN)Nc1c(Br)cncc1[N+](=O)[O-]. The molecule has 1 heterocycles. The fourth-order valence-corrected chi connectivity index (χ4v) is 2.50. The third-order valence-electron chi connectivity index (χ3n) is 2.81. The molecule has 0 aliphatic heterocycles. The Morgan fingerprint density at radius 3 is 2.68 bits per heavy atom. The lowest BCUT2D eigenvalue weighted by Crippen LogP contribution is -2.43. The largest absolute Gasteiger partial charge is 0.372 e. The van der Waals surface area contributed by atoms with Crippen LogP contribution in [0, 0.1) is 16.0 Å². The molecule has 0 aliphatic carbocycles. The van der Waals surface area contributed by atoms with Gasteiger partial charge in [-0.1, -0.05) is 13.8 Å². The molecule has 1 aromatic heterocycles. The number of nitrogens with zero attached hydrogens (tertiary/aromatic N) is 2. The molecule has 0 amide bonds. The minimum absolute atomic E-state index is 0.0576. The third-order valence-corrected chi connectivity index (χ3v) is 3.41. The highest BCUT2D eigenvalue weighted by Gasteiger charge is 2.28. The summed E-state index contributed by atoms with van der Waals surface area (Å²) in [4.78, 5) is 14.4. The van der Waals surface area contributed by atoms with Gasteiger partial charge in [0.25, 0.3) is 0 Å². The summed E-state index contributed by atoms with van der Waals surface area (Å²) in [6.45, 7) is 6.53. The zero-order valence-corrected chi connectivity index (χ0v) is 12.9. The minimum atomic E-state index is -0.452. The Labute approximate surface area is 121 Å². The second-order valence-electron chi connectivity index (χ2n) is 5.26. The summed E-state index contributed by atoms with van der Waals surface area (Å²) in [6, 6.07) is 0. The van der Waals surface area contributed by atoms with Gasteiger partial charge in [-0.05, 0) is 35.2 Å². The molecule has 0 fully saturated rings. The maximum Gasteiger partial charge on any atom is 0.311 e. The number of halogens is 1. The zero-order valence-electron chi connectivity index (χ0n) is 11.3. The fraction of sp³-hybridized carbons (Fsp3) is 0.583. The van der Waals surface area contributed by atoms with Gasteiger partial charge in [0.2, 0.25) is 0 Å². The van der Waals surface area contributed by atoms with Crippen molar-refractivity contribution in [1.29, 1.82) is 0 Å². The first kappa shape index (κ1) is 15.8. The van der Waals surface area contributed by atoms with Crippen LogP contribution in [-0.2, 0) is 0 Å². The van der Waals surface area contributed by atoms with Crippen LogP contribution in [0.1, 0.15) is 27.2 Å². The summed E-state index contributed by atoms with van der Waals surface area (Å²) in [5.74, 6) is 0.431. The third kappa shape index (κ3) is 4.14. The highest BCUT2D eigenvalue weighted by atomic mass is 79.9. The molecule has 6 nitrogen and oxygen atoms in total. The molecule has 0 spiro atoms. The van der Waals surface area contributed by atoms with Crippen LogP contribution in [0.3, 0.4) is 0 Å². The molecule has 0 bridgehead atoms. The normalized spacial score (nSPS) is 14.2. The van der Waals surface area contributed by atoms with Crippen molar-refractivity contribution in [2.24, 2.45) is 11.7 Å². The number of nitrogens with one attached hydrogen (secondary N) is 1. The van der Waals surface area contributed by atoms with E-state index in [1.165, 1.54) is 12.4 Å². The zero-order chi connectivity index (χ0) is 14.6. The van der Waals surface area contributed by atoms with E-state index in [0.717, 1.165) is 6.42 Å². The van der Waals surface area contributed by atoms with Crippen molar-refractivity contribution in [3.63, 3.8) is 0 Å². The van der Waals surface area contributed by atoms with E-state index in [9.17, 15) is 10.1 Å². The number of aromatic nitrogens is 1. The van der Waals surface area contributed by atoms with E-state index >= 15 is 0 Å². The monoisotopic (exact) mass is 330 g/mol. The van der Waals surface area contributed by atoms with Gasteiger partial charge in [0.1, 0.15) is 11.9 Å². The molecule has 1 atom stereocenters. The molecule has 0 aromatic carbocycles. The summed E-state index contributed by atoms with van der Waals surface area (Å²) >= 11 is 3.29. The van der Waals surface area contributed by atoms with Crippen molar-refractivity contribution in [3.05, 3.63) is 27.0 Å². The van der Waals surface area contributed by atoms with E-state index in [1.54, 1.807) is 0 Å². The van der Waals surface area contributed by atoms with Gasteiger partial charge in [0.15, 0.2) is 0 Å². The number of pyridine rings is 1. The van der Waals surface area contributed by atoms with Gasteiger partial charge in [-0.2, -0.15) is 0 Å². The molecule has 1 aromatic rings. The van der Waals surface area contributed by atoms with Crippen LogP contribution in [0.25, 0.3) is 0 Å². The van der Waals surface area contributed by atoms with Crippen molar-refractivity contribution in [1.82, 2.24) is 4.98 Å². The quantitative estimate of drug-likeness (QED) is 0.617. The number of hydrogen-bond donors (Lipinski definition) is 2. The smallest absolute Gasteiger partial charge is 0.311 e. The Morgan fingerprint density at radius 1 is 1.58 bits per heavy atom. The van der Waals surface area contributed by atoms with Crippen molar-refractivity contribution in [3.8, 4) is 0 Å². The Hall–Kier alpha value is -1.21. The van der Waals surface area contributed by atoms with Gasteiger partial charge in [-0.3, -0.25) is 15.1 Å². The van der Waals surface area contributed by atoms with E-state index in [4.69, 9.17) is 5.73 Å². The second kappa shape index (κ2) is 6.29. The van der Waals surface area contributed by atoms with Gasteiger partial charge in [-0.15, -0.1) is 0 Å². The minimum Gasteiger partial charge on any atom is -0.372 e. The Balaban J connectivity index is 3.13. The Morgan fingerprint density at radius 2 is 2.21 bits per heavy atom. The summed E-state index contributed by atoms with van der Waals surface area (Å²) < 4.78 is 0.560. The van der Waals surface area contributed by atoms with E-state index < -0.39 is 10.5 Å². The first-order valence-corrected chi connectivity index (χ1v) is 6.84. The molecular weight excluding hydrogens is 312 g/mol. The molecule has 0 radical (unpaired) electrons. The average molecular weight is 331 g/mol. The number of nitro groups is 1. The van der Waals surface area contributed by atoms with Crippen LogP contribution in [0.15, 0.2) is 16.9 Å². The molecule has 106 valence electrons. The van der Waals surface area contributed by atoms with E-state index in [2.05, 4.69) is 40.1 Å². The van der Waals surface area contributed by atoms with Crippen LogP contribution < -0.4 is 11.1 Å². The maximum absolute atomic E-state index is 11.0. The van der Waals surface area contributed by atoms with Gasteiger partial charge in [0.05, 0.1) is 9.40 Å². The molecule has 7 heteroatoms. The molecule has 0 saturated carbocycles. The number of rotatable bonds is 6. The van der Waals surface area contributed by atoms with Crippen molar-refractivity contribution < 1.29 is 4.92 Å². The summed E-state index contributed by atoms with van der Waals surface area (Å²) in [7, 11) is 0. The van der Waals surface area contributed by atoms with Crippen LogP contribution in [0.5, 0.6) is 0 Å². The number of anilines is 1. The second-order valence-corrected chi connectivity index (χ2v) is 6.11. The van der Waals surface area contributed by atoms with Crippen molar-refractivity contribution in [2.45, 2.75) is 32.7 Å². The van der Waals surface area contributed by atoms with E-state index in [1.807, 2.05) is 6.92 Å². The van der Waals surface area contributed by atoms with Gasteiger partial charge in [-0.25, -0.2) is 0 Å². The van der Waals surface area contributed by atoms with E-state index in [-0.39, 0.29) is 5.69 Å². The molecule has 0 saturated heterocycles. The van der Waals surface area contributed by atoms with Crippen LogP contribution in [-0.4, -0.2) is 22.0 Å². The predicted molar refractivity (Wildman–Crippen MR) is 79.1 cm³/mol. The summed E-state index contributed by atoms with van der Waals surface area (Å²) in [6.07, 6.45) is 3.58. The van der Waals surface area contributed by atoms with Crippen LogP contribution >= 0.6 is 15.9 Å². The van der Waals surface area contributed by atoms with Gasteiger partial charge in [0, 0.05) is 18.3 Å². The maximum atomic E-state index is 11.0. The van der Waals surface area contributed by atoms with Crippen LogP contribution in [0.2, 0.25) is 0 Å². The fourth-order valence-electron chi connectivity index (χ4n) is 2.08. The lowest BCUT2D eigenvalue weighted by atomic mass is 9.90. The van der Waals surface area contributed by atoms with Crippen LogP contribution in [0.4, 0.5) is 11.4 Å². The first-order chi connectivity index (χ1) is 8.79. The topological polar surface area (TPSA) is 94.1 Å². The van der Waals surface area contributed by atoms with Gasteiger partial charge >= 0.3 is 5.69 Å². The number of nitrogens with two attached hydrogens (primary N) is 1. The standard InChI is InChI=1S/C12H19BrN4O2/c1-8(2)4-12(3,7-14)16-11-9(13)5-15-6-10(11)17(18)19/h5-6,8H,4,7,14H2,1-3H3,(H,15,16). The highest BCUT2D eigenvalue weighted by Crippen LogP contribution is 2.34. The van der Waals surface area contributed by atoms with Crippen molar-refractivity contribution in [2.75, 3.05) is 11.9 Å². The molecule has 1 unspecified atom stereocenters. The number of hydrogen-bond acceptors (Lipinski definition) is 5. The predicted octanol–water partition coefficient (Wildman–Crippen LogP) is 2.93. The first-order valence-electron chi connectivity index (χ1n) is 6.05. The lowest BCUT2D eigenvalue weighted by molar-refractivity contribution is -0.384. The van der Waals surface area contributed by atoms with Crippen molar-refractivity contribution >= 4 is 27.3 Å². The molecule has 19 heavy (non-hydrogen) atoms. The Bertz CT molecular complexity index is 467. The molecular formula is C12H19BrN4O2. The molecule has 3 N–H and O–H groups in total. The average Bonchev–Trinajstić information content (AvgIpc) is 2.30. The summed E-state index contributed by atoms with van der Waals surface area (Å²) in [5, 5.41) is 14.2. The molecule has 0 aliphatic rings. The molecule has 1 rings (SSSR count).